The molecule has 2 unspecified atom stereocenters. The Kier molecular flexibility index (Phi) is 19.8. The average molecular weight is 845 g/mol. The van der Waals surface area contributed by atoms with Crippen molar-refractivity contribution < 1.29 is 38.7 Å². The summed E-state index contributed by atoms with van der Waals surface area (Å²) in [6.07, 6.45) is 16.3. The zero-order chi connectivity index (χ0) is 44.1. The van der Waals surface area contributed by atoms with Crippen molar-refractivity contribution in [2.24, 2.45) is 17.8 Å². The predicted molar refractivity (Wildman–Crippen MR) is 248 cm³/mol. The molecular formula is C54H68O8. The fraction of sp³-hybridized carbons (Fsp3) is 0.444. The lowest BCUT2D eigenvalue weighted by molar-refractivity contribution is -0.130. The summed E-state index contributed by atoms with van der Waals surface area (Å²) in [5.74, 6) is 3.29. The molecule has 0 amide bonds. The minimum absolute atomic E-state index is 0.0355. The van der Waals surface area contributed by atoms with Crippen LogP contribution in [0.4, 0.5) is 0 Å². The van der Waals surface area contributed by atoms with Gasteiger partial charge in [0.2, 0.25) is 0 Å². The highest BCUT2D eigenvalue weighted by atomic mass is 16.5. The second-order valence-electron chi connectivity index (χ2n) is 17.2. The van der Waals surface area contributed by atoms with Crippen molar-refractivity contribution in [3.05, 3.63) is 121 Å². The van der Waals surface area contributed by atoms with Crippen molar-refractivity contribution in [1.82, 2.24) is 0 Å². The van der Waals surface area contributed by atoms with Gasteiger partial charge in [0.15, 0.2) is 0 Å². The van der Waals surface area contributed by atoms with E-state index in [1.807, 2.05) is 60.7 Å². The first-order valence-corrected chi connectivity index (χ1v) is 22.8. The van der Waals surface area contributed by atoms with E-state index in [2.05, 4.69) is 25.3 Å². The van der Waals surface area contributed by atoms with Gasteiger partial charge in [0.05, 0.1) is 19.3 Å². The number of unbranched alkanes of at least 4 members (excludes halogenated alkanes) is 5. The molecule has 0 heterocycles. The van der Waals surface area contributed by atoms with Crippen molar-refractivity contribution >= 4 is 11.9 Å². The number of rotatable bonds is 26. The van der Waals surface area contributed by atoms with Crippen LogP contribution in [-0.2, 0) is 9.59 Å². The molecule has 2 N–H and O–H groups in total. The second-order valence-corrected chi connectivity index (χ2v) is 17.2. The van der Waals surface area contributed by atoms with E-state index in [1.54, 1.807) is 38.1 Å². The van der Waals surface area contributed by atoms with E-state index >= 15 is 0 Å². The minimum atomic E-state index is -0.440. The zero-order valence-corrected chi connectivity index (χ0v) is 37.0. The highest BCUT2D eigenvalue weighted by Gasteiger charge is 2.24. The number of benzene rings is 4. The number of carbonyl (C=O) groups is 2. The first-order valence-electron chi connectivity index (χ1n) is 22.8. The van der Waals surface area contributed by atoms with Crippen LogP contribution in [0.1, 0.15) is 110 Å². The van der Waals surface area contributed by atoms with Gasteiger partial charge in [-0.25, -0.2) is 9.59 Å². The molecule has 4 aromatic carbocycles. The van der Waals surface area contributed by atoms with Gasteiger partial charge in [0.25, 0.3) is 0 Å². The Labute approximate surface area is 370 Å². The molecule has 1 aliphatic rings. The van der Waals surface area contributed by atoms with Crippen molar-refractivity contribution in [2.45, 2.75) is 116 Å². The normalized spacial score (nSPS) is 15.9. The Bertz CT molecular complexity index is 1960. The maximum Gasteiger partial charge on any atom is 0.338 e. The molecule has 0 spiro atoms. The van der Waals surface area contributed by atoms with E-state index in [1.165, 1.54) is 51.4 Å². The van der Waals surface area contributed by atoms with Crippen LogP contribution in [0, 0.1) is 17.8 Å². The fourth-order valence-electron chi connectivity index (χ4n) is 8.12. The molecule has 332 valence electrons. The number of ether oxygens (including phenoxy) is 4. The summed E-state index contributed by atoms with van der Waals surface area (Å²) >= 11 is 0. The highest BCUT2D eigenvalue weighted by Crippen LogP contribution is 2.35. The van der Waals surface area contributed by atoms with Crippen LogP contribution >= 0.6 is 0 Å². The van der Waals surface area contributed by atoms with Gasteiger partial charge in [-0.3, -0.25) is 0 Å². The maximum absolute atomic E-state index is 11.7. The number of hydrogen-bond donors (Lipinski definition) is 2. The molecule has 0 bridgehead atoms. The molecule has 8 heteroatoms. The molecule has 1 fully saturated rings. The lowest BCUT2D eigenvalue weighted by Crippen LogP contribution is -2.25. The van der Waals surface area contributed by atoms with Crippen LogP contribution in [0.3, 0.4) is 0 Å². The van der Waals surface area contributed by atoms with E-state index in [9.17, 15) is 19.8 Å². The molecule has 1 aliphatic carbocycles. The molecule has 1 saturated carbocycles. The maximum atomic E-state index is 11.7. The number of aliphatic hydroxyl groups excluding tert-OH is 2. The standard InChI is InChI=1S/C54H68O8/c1-39(2)53(57)61-50-31-23-45(24-32-50)43-19-27-48(28-20-43)59-36-10-6-5-8-12-41-14-16-42(17-15-41)18-35-52(56)47(38-55)13-9-7-11-37-60-49-29-21-44(22-30-49)46-25-33-51(34-26-46)62-54(58)40(3)4/h19-34,41-42,47,52,55-56H,1,3,5-18,35-38H2,2,4H3. The fourth-order valence-corrected chi connectivity index (χ4v) is 8.12. The highest BCUT2D eigenvalue weighted by molar-refractivity contribution is 5.89. The van der Waals surface area contributed by atoms with E-state index < -0.39 is 18.0 Å². The topological polar surface area (TPSA) is 112 Å². The summed E-state index contributed by atoms with van der Waals surface area (Å²) < 4.78 is 22.5. The minimum Gasteiger partial charge on any atom is -0.494 e. The molecule has 5 rings (SSSR count). The van der Waals surface area contributed by atoms with Gasteiger partial charge in [0.1, 0.15) is 23.0 Å². The smallest absolute Gasteiger partial charge is 0.338 e. The summed E-state index contributed by atoms with van der Waals surface area (Å²) in [6, 6.07) is 30.9. The summed E-state index contributed by atoms with van der Waals surface area (Å²) in [7, 11) is 0. The molecule has 62 heavy (non-hydrogen) atoms. The Hall–Kier alpha value is -5.18. The van der Waals surface area contributed by atoms with Crippen LogP contribution in [0.25, 0.3) is 22.3 Å². The van der Waals surface area contributed by atoms with E-state index in [0.717, 1.165) is 91.2 Å². The molecule has 4 aromatic rings. The van der Waals surface area contributed by atoms with Crippen LogP contribution < -0.4 is 18.9 Å². The van der Waals surface area contributed by atoms with E-state index in [0.29, 0.717) is 35.2 Å². The molecule has 8 nitrogen and oxygen atoms in total. The second kappa shape index (κ2) is 25.7. The first-order chi connectivity index (χ1) is 30.1. The summed E-state index contributed by atoms with van der Waals surface area (Å²) in [5, 5.41) is 21.0. The first kappa shape index (κ1) is 47.9. The molecule has 0 radical (unpaired) electrons. The largest absolute Gasteiger partial charge is 0.494 e. The Morgan fingerprint density at radius 3 is 1.31 bits per heavy atom. The van der Waals surface area contributed by atoms with Crippen LogP contribution in [-0.4, -0.2) is 48.1 Å². The van der Waals surface area contributed by atoms with Crippen LogP contribution in [0.5, 0.6) is 23.0 Å². The third kappa shape index (κ3) is 16.3. The number of esters is 2. The summed E-state index contributed by atoms with van der Waals surface area (Å²) in [4.78, 5) is 23.5. The van der Waals surface area contributed by atoms with E-state index in [4.69, 9.17) is 18.9 Å². The summed E-state index contributed by atoms with van der Waals surface area (Å²) in [5.41, 5.74) is 4.92. The third-order valence-corrected chi connectivity index (χ3v) is 12.1. The van der Waals surface area contributed by atoms with Crippen LogP contribution in [0.2, 0.25) is 0 Å². The molecule has 0 saturated heterocycles. The zero-order valence-electron chi connectivity index (χ0n) is 37.0. The Balaban J connectivity index is 0.850. The molecule has 0 aliphatic heterocycles. The van der Waals surface area contributed by atoms with Gasteiger partial charge >= 0.3 is 11.9 Å². The Morgan fingerprint density at radius 1 is 0.532 bits per heavy atom. The number of aliphatic hydroxyl groups is 2. The van der Waals surface area contributed by atoms with Crippen molar-refractivity contribution in [3.63, 3.8) is 0 Å². The third-order valence-electron chi connectivity index (χ3n) is 12.1. The van der Waals surface area contributed by atoms with Gasteiger partial charge in [-0.1, -0.05) is 126 Å². The lowest BCUT2D eigenvalue weighted by atomic mass is 9.77. The van der Waals surface area contributed by atoms with Gasteiger partial charge < -0.3 is 29.2 Å². The van der Waals surface area contributed by atoms with Crippen molar-refractivity contribution in [2.75, 3.05) is 19.8 Å². The average Bonchev–Trinajstić information content (AvgIpc) is 3.29. The van der Waals surface area contributed by atoms with Crippen molar-refractivity contribution in [1.29, 1.82) is 0 Å². The van der Waals surface area contributed by atoms with Gasteiger partial charge in [0, 0.05) is 23.7 Å². The quantitative estimate of drug-likeness (QED) is 0.0278. The van der Waals surface area contributed by atoms with E-state index in [-0.39, 0.29) is 12.5 Å². The molecular weight excluding hydrogens is 777 g/mol. The lowest BCUT2D eigenvalue weighted by Gasteiger charge is -2.30. The predicted octanol–water partition coefficient (Wildman–Crippen LogP) is 12.5. The van der Waals surface area contributed by atoms with Crippen molar-refractivity contribution in [3.8, 4) is 45.3 Å². The number of carbonyl (C=O) groups excluding carboxylic acids is 2. The van der Waals surface area contributed by atoms with Gasteiger partial charge in [-0.2, -0.15) is 0 Å². The SMILES string of the molecule is C=C(C)C(=O)Oc1ccc(-c2ccc(OCCCCCCC3CCC(CCC(O)C(CO)CCCCCOc4ccc(-c5ccc(OC(=O)C(=C)C)cc5)cc4)CC3)cc2)cc1. The molecule has 0 aromatic heterocycles. The van der Waals surface area contributed by atoms with Gasteiger partial charge in [-0.15, -0.1) is 0 Å². The molecule has 2 atom stereocenters. The summed E-state index contributed by atoms with van der Waals surface area (Å²) in [6.45, 7) is 11.9. The number of hydrogen-bond acceptors (Lipinski definition) is 8. The monoisotopic (exact) mass is 844 g/mol. The van der Waals surface area contributed by atoms with Crippen LogP contribution in [0.15, 0.2) is 121 Å². The van der Waals surface area contributed by atoms with Gasteiger partial charge in [-0.05, 0) is 129 Å². The Morgan fingerprint density at radius 2 is 0.903 bits per heavy atom.